The Bertz CT molecular complexity index is 980. The molecule has 0 aromatic carbocycles. The van der Waals surface area contributed by atoms with Gasteiger partial charge in [0.05, 0.1) is 13.0 Å². The van der Waals surface area contributed by atoms with E-state index in [4.69, 9.17) is 4.74 Å². The molecule has 0 saturated heterocycles. The Balaban J connectivity index is 1.60. The summed E-state index contributed by atoms with van der Waals surface area (Å²) in [5.41, 5.74) is 1.17. The fourth-order valence-electron chi connectivity index (χ4n) is 3.03. The van der Waals surface area contributed by atoms with Gasteiger partial charge in [0, 0.05) is 42.1 Å². The van der Waals surface area contributed by atoms with Crippen molar-refractivity contribution in [2.75, 3.05) is 23.8 Å². The van der Waals surface area contributed by atoms with E-state index in [0.717, 1.165) is 18.2 Å². The van der Waals surface area contributed by atoms with Crippen molar-refractivity contribution in [3.63, 3.8) is 0 Å². The van der Waals surface area contributed by atoms with Crippen molar-refractivity contribution in [2.24, 2.45) is 0 Å². The molecule has 0 saturated carbocycles. The average Bonchev–Trinajstić information content (AvgIpc) is 2.74. The van der Waals surface area contributed by atoms with Crippen LogP contribution in [-0.2, 0) is 16.0 Å². The normalized spacial score (nSPS) is 11.8. The van der Waals surface area contributed by atoms with Crippen LogP contribution in [-0.4, -0.2) is 50.2 Å². The Kier molecular flexibility index (Phi) is 7.31. The van der Waals surface area contributed by atoms with Gasteiger partial charge in [-0.25, -0.2) is 19.9 Å². The van der Waals surface area contributed by atoms with Crippen molar-refractivity contribution in [2.45, 2.75) is 39.2 Å². The van der Waals surface area contributed by atoms with Crippen LogP contribution in [0.4, 0.5) is 11.8 Å². The minimum absolute atomic E-state index is 0.0848. The topological polar surface area (TPSA) is 122 Å². The van der Waals surface area contributed by atoms with Crippen LogP contribution in [0.2, 0.25) is 0 Å². The molecule has 0 amide bonds. The molecule has 3 rings (SSSR count). The molecule has 30 heavy (non-hydrogen) atoms. The number of nitrogens with zero attached hydrogens (tertiary/aromatic N) is 4. The molecule has 3 aromatic heterocycles. The molecule has 3 N–H and O–H groups in total. The van der Waals surface area contributed by atoms with Crippen molar-refractivity contribution in [1.29, 1.82) is 0 Å². The fraction of sp³-hybridized carbons (Fsp3) is 0.381. The minimum atomic E-state index is -0.293. The summed E-state index contributed by atoms with van der Waals surface area (Å²) in [5, 5.41) is 17.4. The van der Waals surface area contributed by atoms with E-state index in [1.54, 1.807) is 31.6 Å². The minimum Gasteiger partial charge on any atom is -0.492 e. The van der Waals surface area contributed by atoms with Crippen LogP contribution in [0.25, 0.3) is 10.9 Å². The number of nitrogens with one attached hydrogen (secondary N) is 2. The Morgan fingerprint density at radius 2 is 1.97 bits per heavy atom. The van der Waals surface area contributed by atoms with Gasteiger partial charge in [-0.05, 0) is 31.5 Å². The van der Waals surface area contributed by atoms with Gasteiger partial charge in [0.2, 0.25) is 11.8 Å². The monoisotopic (exact) mass is 410 g/mol. The predicted molar refractivity (Wildman–Crippen MR) is 114 cm³/mol. The largest absolute Gasteiger partial charge is 0.492 e. The summed E-state index contributed by atoms with van der Waals surface area (Å²) < 4.78 is 4.93. The average molecular weight is 410 g/mol. The number of hydrogen-bond donors (Lipinski definition) is 3. The third kappa shape index (κ3) is 5.76. The first-order valence-corrected chi connectivity index (χ1v) is 10.0. The maximum atomic E-state index is 11.5. The van der Waals surface area contributed by atoms with Crippen molar-refractivity contribution in [3.8, 4) is 5.88 Å². The summed E-state index contributed by atoms with van der Waals surface area (Å²) in [6.45, 7) is 4.82. The number of ether oxygens (including phenoxy) is 1. The highest BCUT2D eigenvalue weighted by Crippen LogP contribution is 2.22. The maximum absolute atomic E-state index is 11.5. The van der Waals surface area contributed by atoms with Gasteiger partial charge in [0.25, 0.3) is 0 Å². The molecule has 0 fully saturated rings. The number of pyridine rings is 2. The number of carbonyl (C=O) groups is 1. The first-order chi connectivity index (χ1) is 14.6. The first kappa shape index (κ1) is 21.2. The summed E-state index contributed by atoms with van der Waals surface area (Å²) in [6.07, 6.45) is 6.84. The molecule has 0 aliphatic heterocycles. The Morgan fingerprint density at radius 3 is 2.70 bits per heavy atom. The number of hydrogen-bond acceptors (Lipinski definition) is 9. The van der Waals surface area contributed by atoms with Crippen molar-refractivity contribution < 1.29 is 14.6 Å². The van der Waals surface area contributed by atoms with Crippen LogP contribution in [0.15, 0.2) is 36.8 Å². The molecule has 9 nitrogen and oxygen atoms in total. The zero-order valence-corrected chi connectivity index (χ0v) is 17.1. The molecule has 0 radical (unpaired) electrons. The van der Waals surface area contributed by atoms with E-state index in [0.29, 0.717) is 36.0 Å². The Morgan fingerprint density at radius 1 is 1.17 bits per heavy atom. The van der Waals surface area contributed by atoms with E-state index in [1.165, 1.54) is 0 Å². The summed E-state index contributed by atoms with van der Waals surface area (Å²) in [7, 11) is 0. The van der Waals surface area contributed by atoms with Gasteiger partial charge in [0.1, 0.15) is 11.3 Å². The number of fused-ring (bicyclic) bond motifs is 1. The van der Waals surface area contributed by atoms with Gasteiger partial charge >= 0.3 is 5.97 Å². The van der Waals surface area contributed by atoms with Gasteiger partial charge in [-0.3, -0.25) is 4.79 Å². The lowest BCUT2D eigenvalue weighted by Crippen LogP contribution is -2.29. The van der Waals surface area contributed by atoms with E-state index in [2.05, 4.69) is 37.5 Å². The zero-order valence-electron chi connectivity index (χ0n) is 17.1. The lowest BCUT2D eigenvalue weighted by molar-refractivity contribution is -0.142. The standard InChI is InChI=1S/C21H26N6O3/c1-3-5-16(26-17-7-6-15-8-9-22-20(29)19(15)27-17)13-25-21-23-11-14(12-24-21)10-18(28)30-4-2/h6-9,11-12,16H,3-5,10,13H2,1-2H3,(H,22,29)(H,26,27)(H,23,24,25)/t16-/m0/s1. The molecule has 0 unspecified atom stereocenters. The fourth-order valence-corrected chi connectivity index (χ4v) is 3.03. The van der Waals surface area contributed by atoms with E-state index >= 15 is 0 Å². The van der Waals surface area contributed by atoms with E-state index < -0.39 is 0 Å². The van der Waals surface area contributed by atoms with Crippen molar-refractivity contribution in [3.05, 3.63) is 42.4 Å². The van der Waals surface area contributed by atoms with Crippen LogP contribution < -0.4 is 10.6 Å². The second-order valence-electron chi connectivity index (χ2n) is 6.81. The lowest BCUT2D eigenvalue weighted by Gasteiger charge is -2.19. The number of esters is 1. The smallest absolute Gasteiger partial charge is 0.310 e. The highest BCUT2D eigenvalue weighted by Gasteiger charge is 2.11. The molecule has 3 aromatic rings. The highest BCUT2D eigenvalue weighted by molar-refractivity contribution is 5.83. The molecule has 1 atom stereocenters. The summed E-state index contributed by atoms with van der Waals surface area (Å²) in [6, 6.07) is 5.67. The van der Waals surface area contributed by atoms with Crippen molar-refractivity contribution in [1.82, 2.24) is 19.9 Å². The zero-order chi connectivity index (χ0) is 21.3. The van der Waals surface area contributed by atoms with Crippen LogP contribution in [0.5, 0.6) is 5.88 Å². The predicted octanol–water partition coefficient (Wildman–Crippen LogP) is 2.92. The number of aromatic hydroxyl groups is 1. The number of aromatic nitrogens is 4. The second kappa shape index (κ2) is 10.3. The maximum Gasteiger partial charge on any atom is 0.310 e. The first-order valence-electron chi connectivity index (χ1n) is 10.0. The van der Waals surface area contributed by atoms with Gasteiger partial charge < -0.3 is 20.5 Å². The van der Waals surface area contributed by atoms with Crippen LogP contribution in [0.1, 0.15) is 32.3 Å². The number of anilines is 2. The molecule has 0 aliphatic carbocycles. The SMILES string of the molecule is CCC[C@@H](CNc1ncc(CC(=O)OCC)cn1)Nc1ccc2ccnc(O)c2n1. The van der Waals surface area contributed by atoms with E-state index in [1.807, 2.05) is 12.1 Å². The van der Waals surface area contributed by atoms with E-state index in [9.17, 15) is 9.90 Å². The highest BCUT2D eigenvalue weighted by atomic mass is 16.5. The number of rotatable bonds is 10. The van der Waals surface area contributed by atoms with Crippen LogP contribution in [0, 0.1) is 0 Å². The van der Waals surface area contributed by atoms with Crippen molar-refractivity contribution >= 4 is 28.6 Å². The molecular formula is C21H26N6O3. The van der Waals surface area contributed by atoms with Gasteiger partial charge in [-0.1, -0.05) is 13.3 Å². The molecule has 0 bridgehead atoms. The Hall–Kier alpha value is -3.49. The third-order valence-corrected chi connectivity index (χ3v) is 4.44. The summed E-state index contributed by atoms with van der Waals surface area (Å²) in [4.78, 5) is 28.4. The van der Waals surface area contributed by atoms with Gasteiger partial charge in [-0.2, -0.15) is 0 Å². The summed E-state index contributed by atoms with van der Waals surface area (Å²) >= 11 is 0. The quantitative estimate of drug-likeness (QED) is 0.433. The van der Waals surface area contributed by atoms with Gasteiger partial charge in [-0.15, -0.1) is 0 Å². The van der Waals surface area contributed by atoms with Crippen LogP contribution >= 0.6 is 0 Å². The second-order valence-corrected chi connectivity index (χ2v) is 6.81. The third-order valence-electron chi connectivity index (χ3n) is 4.44. The molecular weight excluding hydrogens is 384 g/mol. The lowest BCUT2D eigenvalue weighted by atomic mass is 10.1. The molecule has 0 spiro atoms. The molecule has 9 heteroatoms. The van der Waals surface area contributed by atoms with Crippen LogP contribution in [0.3, 0.4) is 0 Å². The summed E-state index contributed by atoms with van der Waals surface area (Å²) in [5.74, 6) is 0.770. The molecule has 3 heterocycles. The Labute approximate surface area is 175 Å². The molecule has 0 aliphatic rings. The van der Waals surface area contributed by atoms with Gasteiger partial charge in [0.15, 0.2) is 0 Å². The molecule has 158 valence electrons. The number of carbonyl (C=O) groups excluding carboxylic acids is 1. The van der Waals surface area contributed by atoms with E-state index in [-0.39, 0.29) is 24.3 Å².